The Labute approximate surface area is 103 Å². The van der Waals surface area contributed by atoms with Crippen LogP contribution in [0.25, 0.3) is 0 Å². The maximum atomic E-state index is 12.3. The summed E-state index contributed by atoms with van der Waals surface area (Å²) in [6.45, 7) is 10.2. The Morgan fingerprint density at radius 1 is 1.29 bits per heavy atom. The van der Waals surface area contributed by atoms with Gasteiger partial charge < -0.3 is 5.32 Å². The highest BCUT2D eigenvalue weighted by molar-refractivity contribution is 6.00. The third-order valence-corrected chi connectivity index (χ3v) is 3.52. The Bertz CT molecular complexity index is 439. The van der Waals surface area contributed by atoms with Gasteiger partial charge in [0.25, 0.3) is 0 Å². The standard InChI is InChI=1S/C15H21NO/c1-10-5-6-12(15(2,3)4)7-13(10)14(17)11-8-16-9-11/h5-7,11,16H,8-9H2,1-4H3. The first-order valence-electron chi connectivity index (χ1n) is 6.25. The average molecular weight is 231 g/mol. The minimum absolute atomic E-state index is 0.0978. The molecule has 0 amide bonds. The molecule has 1 aromatic carbocycles. The SMILES string of the molecule is Cc1ccc(C(C)(C)C)cc1C(=O)C1CNC1. The number of carbonyl (C=O) groups excluding carboxylic acids is 1. The van der Waals surface area contributed by atoms with Gasteiger partial charge in [0.2, 0.25) is 0 Å². The molecular formula is C15H21NO. The molecule has 0 atom stereocenters. The highest BCUT2D eigenvalue weighted by Crippen LogP contribution is 2.26. The molecule has 17 heavy (non-hydrogen) atoms. The summed E-state index contributed by atoms with van der Waals surface area (Å²) in [6.07, 6.45) is 0. The van der Waals surface area contributed by atoms with Crippen LogP contribution >= 0.6 is 0 Å². The summed E-state index contributed by atoms with van der Waals surface area (Å²) in [7, 11) is 0. The number of nitrogens with one attached hydrogen (secondary N) is 1. The zero-order chi connectivity index (χ0) is 12.6. The van der Waals surface area contributed by atoms with E-state index in [0.717, 1.165) is 24.2 Å². The normalized spacial score (nSPS) is 16.7. The van der Waals surface area contributed by atoms with Crippen LogP contribution in [0.5, 0.6) is 0 Å². The minimum atomic E-state index is 0.0978. The Balaban J connectivity index is 2.35. The molecule has 0 bridgehead atoms. The highest BCUT2D eigenvalue weighted by atomic mass is 16.1. The number of ketones is 1. The van der Waals surface area contributed by atoms with Crippen LogP contribution < -0.4 is 5.32 Å². The molecule has 0 aliphatic carbocycles. The van der Waals surface area contributed by atoms with E-state index in [1.54, 1.807) is 0 Å². The summed E-state index contributed by atoms with van der Waals surface area (Å²) in [6, 6.07) is 6.28. The number of rotatable bonds is 2. The van der Waals surface area contributed by atoms with Gasteiger partial charge in [-0.25, -0.2) is 0 Å². The first kappa shape index (κ1) is 12.3. The van der Waals surface area contributed by atoms with Gasteiger partial charge in [0.05, 0.1) is 0 Å². The van der Waals surface area contributed by atoms with Crippen LogP contribution in [-0.4, -0.2) is 18.9 Å². The average Bonchev–Trinajstić information content (AvgIpc) is 2.13. The third kappa shape index (κ3) is 2.42. The highest BCUT2D eigenvalue weighted by Gasteiger charge is 2.27. The second-order valence-electron chi connectivity index (χ2n) is 6.00. The van der Waals surface area contributed by atoms with Gasteiger partial charge in [0, 0.05) is 24.6 Å². The molecule has 2 heteroatoms. The summed E-state index contributed by atoms with van der Waals surface area (Å²) in [5.74, 6) is 0.483. The van der Waals surface area contributed by atoms with Crippen molar-refractivity contribution in [1.82, 2.24) is 5.32 Å². The molecule has 0 spiro atoms. The van der Waals surface area contributed by atoms with Gasteiger partial charge in [-0.05, 0) is 29.5 Å². The summed E-state index contributed by atoms with van der Waals surface area (Å²) >= 11 is 0. The molecule has 92 valence electrons. The molecule has 0 saturated carbocycles. The summed E-state index contributed by atoms with van der Waals surface area (Å²) in [5.41, 5.74) is 3.33. The summed E-state index contributed by atoms with van der Waals surface area (Å²) in [4.78, 5) is 12.3. The lowest BCUT2D eigenvalue weighted by molar-refractivity contribution is 0.0877. The van der Waals surface area contributed by atoms with Crippen molar-refractivity contribution in [3.63, 3.8) is 0 Å². The first-order chi connectivity index (χ1) is 7.89. The Hall–Kier alpha value is -1.15. The van der Waals surface area contributed by atoms with Crippen molar-refractivity contribution in [2.45, 2.75) is 33.1 Å². The quantitative estimate of drug-likeness (QED) is 0.793. The second-order valence-corrected chi connectivity index (χ2v) is 6.00. The monoisotopic (exact) mass is 231 g/mol. The van der Waals surface area contributed by atoms with Crippen molar-refractivity contribution < 1.29 is 4.79 Å². The predicted octanol–water partition coefficient (Wildman–Crippen LogP) is 2.69. The molecule has 2 rings (SSSR count). The molecule has 0 radical (unpaired) electrons. The molecule has 1 heterocycles. The number of Topliss-reactive ketones (excluding diaryl/α,β-unsaturated/α-hetero) is 1. The van der Waals surface area contributed by atoms with Gasteiger partial charge in [-0.3, -0.25) is 4.79 Å². The fourth-order valence-corrected chi connectivity index (χ4v) is 2.05. The van der Waals surface area contributed by atoms with Crippen LogP contribution in [0.15, 0.2) is 18.2 Å². The topological polar surface area (TPSA) is 29.1 Å². The van der Waals surface area contributed by atoms with E-state index in [9.17, 15) is 4.79 Å². The van der Waals surface area contributed by atoms with E-state index in [4.69, 9.17) is 0 Å². The number of hydrogen-bond acceptors (Lipinski definition) is 2. The minimum Gasteiger partial charge on any atom is -0.315 e. The molecule has 1 aliphatic heterocycles. The van der Waals surface area contributed by atoms with E-state index >= 15 is 0 Å². The molecule has 1 aromatic rings. The smallest absolute Gasteiger partial charge is 0.168 e. The second kappa shape index (κ2) is 4.26. The lowest BCUT2D eigenvalue weighted by Gasteiger charge is -2.27. The first-order valence-corrected chi connectivity index (χ1v) is 6.25. The van der Waals surface area contributed by atoms with Crippen molar-refractivity contribution in [3.8, 4) is 0 Å². The predicted molar refractivity (Wildman–Crippen MR) is 70.6 cm³/mol. The Kier molecular flexibility index (Phi) is 3.09. The zero-order valence-corrected chi connectivity index (χ0v) is 11.1. The fourth-order valence-electron chi connectivity index (χ4n) is 2.05. The molecule has 0 aromatic heterocycles. The maximum Gasteiger partial charge on any atom is 0.168 e. The van der Waals surface area contributed by atoms with Crippen LogP contribution in [0.3, 0.4) is 0 Å². The van der Waals surface area contributed by atoms with Crippen LogP contribution in [0.4, 0.5) is 0 Å². The van der Waals surface area contributed by atoms with Crippen LogP contribution in [0.2, 0.25) is 0 Å². The van der Waals surface area contributed by atoms with Crippen molar-refractivity contribution in [2.24, 2.45) is 5.92 Å². The summed E-state index contributed by atoms with van der Waals surface area (Å²) in [5, 5.41) is 3.16. The van der Waals surface area contributed by atoms with Crippen LogP contribution in [0, 0.1) is 12.8 Å². The molecule has 1 aliphatic rings. The van der Waals surface area contributed by atoms with Crippen LogP contribution in [0.1, 0.15) is 42.3 Å². The summed E-state index contributed by atoms with van der Waals surface area (Å²) < 4.78 is 0. The molecule has 1 fully saturated rings. The van der Waals surface area contributed by atoms with E-state index in [0.29, 0.717) is 5.78 Å². The zero-order valence-electron chi connectivity index (χ0n) is 11.1. The molecule has 0 unspecified atom stereocenters. The van der Waals surface area contributed by atoms with Gasteiger partial charge in [0.15, 0.2) is 5.78 Å². The Morgan fingerprint density at radius 2 is 1.94 bits per heavy atom. The maximum absolute atomic E-state index is 12.3. The number of hydrogen-bond donors (Lipinski definition) is 1. The van der Waals surface area contributed by atoms with Gasteiger partial charge in [-0.2, -0.15) is 0 Å². The lowest BCUT2D eigenvalue weighted by Crippen LogP contribution is -2.46. The molecule has 1 N–H and O–H groups in total. The van der Waals surface area contributed by atoms with Crippen LogP contribution in [-0.2, 0) is 5.41 Å². The van der Waals surface area contributed by atoms with Gasteiger partial charge in [-0.15, -0.1) is 0 Å². The molecule has 1 saturated heterocycles. The van der Waals surface area contributed by atoms with Gasteiger partial charge in [0.1, 0.15) is 0 Å². The van der Waals surface area contributed by atoms with E-state index in [-0.39, 0.29) is 11.3 Å². The number of benzene rings is 1. The Morgan fingerprint density at radius 3 is 2.41 bits per heavy atom. The third-order valence-electron chi connectivity index (χ3n) is 3.52. The largest absolute Gasteiger partial charge is 0.315 e. The van der Waals surface area contributed by atoms with E-state index < -0.39 is 0 Å². The van der Waals surface area contributed by atoms with Crippen molar-refractivity contribution >= 4 is 5.78 Å². The molecule has 2 nitrogen and oxygen atoms in total. The number of carbonyl (C=O) groups is 1. The van der Waals surface area contributed by atoms with Gasteiger partial charge >= 0.3 is 0 Å². The van der Waals surface area contributed by atoms with Crippen molar-refractivity contribution in [1.29, 1.82) is 0 Å². The van der Waals surface area contributed by atoms with Crippen molar-refractivity contribution in [3.05, 3.63) is 34.9 Å². The van der Waals surface area contributed by atoms with Gasteiger partial charge in [-0.1, -0.05) is 32.9 Å². The molecular weight excluding hydrogens is 210 g/mol. The lowest BCUT2D eigenvalue weighted by atomic mass is 9.83. The van der Waals surface area contributed by atoms with E-state index in [1.165, 1.54) is 5.56 Å². The van der Waals surface area contributed by atoms with Crippen molar-refractivity contribution in [2.75, 3.05) is 13.1 Å². The number of aryl methyl sites for hydroxylation is 1. The van der Waals surface area contributed by atoms with E-state index in [2.05, 4.69) is 44.3 Å². The van der Waals surface area contributed by atoms with E-state index in [1.807, 2.05) is 6.92 Å². The fraction of sp³-hybridized carbons (Fsp3) is 0.533.